The van der Waals surface area contributed by atoms with Gasteiger partial charge < -0.3 is 14.8 Å². The highest BCUT2D eigenvalue weighted by Gasteiger charge is 2.22. The smallest absolute Gasteiger partial charge is 0.244 e. The minimum absolute atomic E-state index is 0.139. The van der Waals surface area contributed by atoms with Gasteiger partial charge in [-0.25, -0.2) is 13.1 Å². The van der Waals surface area contributed by atoms with E-state index in [-0.39, 0.29) is 10.6 Å². The Morgan fingerprint density at radius 2 is 1.95 bits per heavy atom. The minimum Gasteiger partial charge on any atom is -0.497 e. The maximum absolute atomic E-state index is 12.4. The first-order chi connectivity index (χ1) is 10.1. The molecule has 1 aliphatic rings. The summed E-state index contributed by atoms with van der Waals surface area (Å²) in [5.41, 5.74) is 0. The van der Waals surface area contributed by atoms with E-state index in [0.717, 1.165) is 25.9 Å². The molecule has 6 nitrogen and oxygen atoms in total. The highest BCUT2D eigenvalue weighted by molar-refractivity contribution is 7.89. The Balaban J connectivity index is 2.11. The zero-order valence-electron chi connectivity index (χ0n) is 12.4. The van der Waals surface area contributed by atoms with Crippen LogP contribution in [0.4, 0.5) is 0 Å². The number of rotatable bonds is 6. The Morgan fingerprint density at radius 1 is 1.24 bits per heavy atom. The lowest BCUT2D eigenvalue weighted by atomic mass is 9.99. The molecular formula is C14H22N2O4S. The number of methoxy groups -OCH3 is 2. The van der Waals surface area contributed by atoms with Crippen molar-refractivity contribution in [3.8, 4) is 11.5 Å². The quantitative estimate of drug-likeness (QED) is 0.818. The molecule has 0 saturated carbocycles. The van der Waals surface area contributed by atoms with Gasteiger partial charge in [0.1, 0.15) is 16.4 Å². The van der Waals surface area contributed by atoms with Gasteiger partial charge in [0.25, 0.3) is 0 Å². The van der Waals surface area contributed by atoms with Crippen molar-refractivity contribution >= 4 is 10.0 Å². The highest BCUT2D eigenvalue weighted by Crippen LogP contribution is 2.28. The number of sulfonamides is 1. The zero-order chi connectivity index (χ0) is 15.3. The van der Waals surface area contributed by atoms with Crippen molar-refractivity contribution in [3.63, 3.8) is 0 Å². The summed E-state index contributed by atoms with van der Waals surface area (Å²) in [4.78, 5) is 0.139. The Labute approximate surface area is 125 Å². The first kappa shape index (κ1) is 16.1. The van der Waals surface area contributed by atoms with Crippen molar-refractivity contribution in [2.45, 2.75) is 17.7 Å². The number of ether oxygens (including phenoxy) is 2. The Kier molecular flexibility index (Phi) is 5.44. The molecule has 2 N–H and O–H groups in total. The number of benzene rings is 1. The van der Waals surface area contributed by atoms with Gasteiger partial charge in [0.15, 0.2) is 0 Å². The van der Waals surface area contributed by atoms with E-state index in [1.165, 1.54) is 20.3 Å². The number of piperidine rings is 1. The fourth-order valence-electron chi connectivity index (χ4n) is 2.39. The second kappa shape index (κ2) is 7.11. The van der Waals surface area contributed by atoms with E-state index in [0.29, 0.717) is 18.2 Å². The minimum atomic E-state index is -3.58. The molecule has 0 atom stereocenters. The van der Waals surface area contributed by atoms with Crippen LogP contribution in [0.15, 0.2) is 23.1 Å². The van der Waals surface area contributed by atoms with Crippen LogP contribution in [0.1, 0.15) is 12.8 Å². The predicted molar refractivity (Wildman–Crippen MR) is 80.3 cm³/mol. The van der Waals surface area contributed by atoms with Gasteiger partial charge >= 0.3 is 0 Å². The van der Waals surface area contributed by atoms with Crippen molar-refractivity contribution in [2.75, 3.05) is 33.9 Å². The molecule has 1 aliphatic heterocycles. The van der Waals surface area contributed by atoms with Gasteiger partial charge in [0.05, 0.1) is 14.2 Å². The molecule has 0 aromatic heterocycles. The molecule has 0 bridgehead atoms. The van der Waals surface area contributed by atoms with E-state index in [4.69, 9.17) is 9.47 Å². The largest absolute Gasteiger partial charge is 0.497 e. The predicted octanol–water partition coefficient (Wildman–Crippen LogP) is 0.982. The monoisotopic (exact) mass is 314 g/mol. The van der Waals surface area contributed by atoms with Gasteiger partial charge in [-0.2, -0.15) is 0 Å². The van der Waals surface area contributed by atoms with Crippen molar-refractivity contribution < 1.29 is 17.9 Å². The summed E-state index contributed by atoms with van der Waals surface area (Å²) < 4.78 is 37.7. The van der Waals surface area contributed by atoms with E-state index >= 15 is 0 Å². The maximum atomic E-state index is 12.4. The standard InChI is InChI=1S/C14H22N2O4S/c1-19-12-3-4-14(13(9-12)20-2)21(17,18)16-10-11-5-7-15-8-6-11/h3-4,9,11,15-16H,5-8,10H2,1-2H3. The Morgan fingerprint density at radius 3 is 2.57 bits per heavy atom. The van der Waals surface area contributed by atoms with E-state index in [2.05, 4.69) is 10.0 Å². The van der Waals surface area contributed by atoms with Crippen LogP contribution in [0.25, 0.3) is 0 Å². The van der Waals surface area contributed by atoms with Crippen LogP contribution in [0, 0.1) is 5.92 Å². The van der Waals surface area contributed by atoms with Crippen LogP contribution in [-0.2, 0) is 10.0 Å². The highest BCUT2D eigenvalue weighted by atomic mass is 32.2. The van der Waals surface area contributed by atoms with E-state index in [1.807, 2.05) is 0 Å². The Bertz CT molecular complexity index is 568. The number of nitrogens with one attached hydrogen (secondary N) is 2. The van der Waals surface area contributed by atoms with Gasteiger partial charge in [0, 0.05) is 12.6 Å². The fraction of sp³-hybridized carbons (Fsp3) is 0.571. The summed E-state index contributed by atoms with van der Waals surface area (Å²) in [6.45, 7) is 2.34. The molecule has 118 valence electrons. The lowest BCUT2D eigenvalue weighted by Gasteiger charge is -2.23. The molecule has 1 fully saturated rings. The van der Waals surface area contributed by atoms with Crippen LogP contribution in [0.2, 0.25) is 0 Å². The second-order valence-electron chi connectivity index (χ2n) is 5.06. The summed E-state index contributed by atoms with van der Waals surface area (Å²) in [5, 5.41) is 3.26. The summed E-state index contributed by atoms with van der Waals surface area (Å²) in [6.07, 6.45) is 1.98. The molecule has 2 rings (SSSR count). The molecule has 1 saturated heterocycles. The molecule has 0 unspecified atom stereocenters. The van der Waals surface area contributed by atoms with Crippen LogP contribution < -0.4 is 19.5 Å². The van der Waals surface area contributed by atoms with Crippen molar-refractivity contribution in [3.05, 3.63) is 18.2 Å². The lowest BCUT2D eigenvalue weighted by Crippen LogP contribution is -2.36. The molecule has 7 heteroatoms. The van der Waals surface area contributed by atoms with Crippen LogP contribution >= 0.6 is 0 Å². The Hall–Kier alpha value is -1.31. The molecule has 0 amide bonds. The van der Waals surface area contributed by atoms with E-state index in [9.17, 15) is 8.42 Å². The molecular weight excluding hydrogens is 292 g/mol. The average molecular weight is 314 g/mol. The third-order valence-corrected chi connectivity index (χ3v) is 5.14. The lowest BCUT2D eigenvalue weighted by molar-refractivity contribution is 0.371. The molecule has 0 aliphatic carbocycles. The topological polar surface area (TPSA) is 76.7 Å². The first-order valence-electron chi connectivity index (χ1n) is 6.99. The number of hydrogen-bond acceptors (Lipinski definition) is 5. The zero-order valence-corrected chi connectivity index (χ0v) is 13.2. The van der Waals surface area contributed by atoms with Gasteiger partial charge in [-0.05, 0) is 44.0 Å². The fourth-order valence-corrected chi connectivity index (χ4v) is 3.65. The van der Waals surface area contributed by atoms with Crippen molar-refractivity contribution in [1.29, 1.82) is 0 Å². The maximum Gasteiger partial charge on any atom is 0.244 e. The summed E-state index contributed by atoms with van der Waals surface area (Å²) >= 11 is 0. The normalized spacial score (nSPS) is 16.7. The van der Waals surface area contributed by atoms with Gasteiger partial charge in [0.2, 0.25) is 10.0 Å². The van der Waals surface area contributed by atoms with E-state index < -0.39 is 10.0 Å². The third kappa shape index (κ3) is 4.09. The van der Waals surface area contributed by atoms with E-state index in [1.54, 1.807) is 12.1 Å². The first-order valence-corrected chi connectivity index (χ1v) is 8.47. The average Bonchev–Trinajstić information content (AvgIpc) is 2.53. The summed E-state index contributed by atoms with van der Waals surface area (Å²) in [7, 11) is -0.607. The van der Waals surface area contributed by atoms with Crippen LogP contribution in [0.3, 0.4) is 0 Å². The third-order valence-electron chi connectivity index (χ3n) is 3.68. The van der Waals surface area contributed by atoms with Gasteiger partial charge in [-0.1, -0.05) is 0 Å². The molecule has 1 heterocycles. The van der Waals surface area contributed by atoms with Gasteiger partial charge in [-0.15, -0.1) is 0 Å². The SMILES string of the molecule is COc1ccc(S(=O)(=O)NCC2CCNCC2)c(OC)c1. The summed E-state index contributed by atoms with van der Waals surface area (Å²) in [5.74, 6) is 1.22. The van der Waals surface area contributed by atoms with Crippen molar-refractivity contribution in [1.82, 2.24) is 10.0 Å². The molecule has 0 radical (unpaired) electrons. The van der Waals surface area contributed by atoms with Crippen LogP contribution in [-0.4, -0.2) is 42.3 Å². The molecule has 21 heavy (non-hydrogen) atoms. The summed E-state index contributed by atoms with van der Waals surface area (Å²) in [6, 6.07) is 4.68. The van der Waals surface area contributed by atoms with Crippen molar-refractivity contribution in [2.24, 2.45) is 5.92 Å². The molecule has 0 spiro atoms. The van der Waals surface area contributed by atoms with Crippen LogP contribution in [0.5, 0.6) is 11.5 Å². The second-order valence-corrected chi connectivity index (χ2v) is 6.80. The molecule has 1 aromatic carbocycles. The molecule has 1 aromatic rings. The van der Waals surface area contributed by atoms with Gasteiger partial charge in [-0.3, -0.25) is 0 Å². The number of hydrogen-bond donors (Lipinski definition) is 2.